The number of hydrogen-bond donors (Lipinski definition) is 1. The first kappa shape index (κ1) is 13.8. The molecule has 5 nitrogen and oxygen atoms in total. The van der Waals surface area contributed by atoms with Crippen LogP contribution in [0.5, 0.6) is 11.5 Å². The molecule has 0 bridgehead atoms. The molecule has 1 heterocycles. The Labute approximate surface area is 117 Å². The van der Waals surface area contributed by atoms with E-state index in [4.69, 9.17) is 19.2 Å². The molecule has 2 rings (SSSR count). The van der Waals surface area contributed by atoms with Gasteiger partial charge in [0, 0.05) is 11.8 Å². The second kappa shape index (κ2) is 6.53. The third kappa shape index (κ3) is 3.23. The molecule has 0 aliphatic heterocycles. The van der Waals surface area contributed by atoms with Crippen LogP contribution < -0.4 is 14.8 Å². The number of furan rings is 1. The fourth-order valence-corrected chi connectivity index (χ4v) is 1.77. The summed E-state index contributed by atoms with van der Waals surface area (Å²) < 4.78 is 16.0. The molecule has 0 fully saturated rings. The van der Waals surface area contributed by atoms with Gasteiger partial charge >= 0.3 is 0 Å². The molecular weight excluding hydrogens is 256 g/mol. The highest BCUT2D eigenvalue weighted by Crippen LogP contribution is 2.30. The van der Waals surface area contributed by atoms with Crippen LogP contribution in [0.1, 0.15) is 18.4 Å². The smallest absolute Gasteiger partial charge is 0.203 e. The van der Waals surface area contributed by atoms with Crippen LogP contribution in [-0.2, 0) is 6.54 Å². The van der Waals surface area contributed by atoms with Gasteiger partial charge in [0.05, 0.1) is 20.3 Å². The average molecular weight is 272 g/mol. The molecule has 0 aliphatic rings. The highest BCUT2D eigenvalue weighted by molar-refractivity contribution is 5.54. The van der Waals surface area contributed by atoms with E-state index in [9.17, 15) is 0 Å². The monoisotopic (exact) mass is 272 g/mol. The van der Waals surface area contributed by atoms with Crippen LogP contribution in [0.15, 0.2) is 34.7 Å². The van der Waals surface area contributed by atoms with Gasteiger partial charge in [0.25, 0.3) is 0 Å². The second-order valence-corrected chi connectivity index (χ2v) is 4.03. The number of nitrogens with zero attached hydrogens (tertiary/aromatic N) is 1. The van der Waals surface area contributed by atoms with Crippen molar-refractivity contribution in [3.8, 4) is 17.6 Å². The van der Waals surface area contributed by atoms with Crippen molar-refractivity contribution < 1.29 is 13.9 Å². The third-order valence-electron chi connectivity index (χ3n) is 2.70. The van der Waals surface area contributed by atoms with E-state index < -0.39 is 0 Å². The lowest BCUT2D eigenvalue weighted by atomic mass is 10.2. The van der Waals surface area contributed by atoms with Crippen LogP contribution in [0.3, 0.4) is 0 Å². The number of methoxy groups -OCH3 is 1. The molecule has 0 saturated heterocycles. The van der Waals surface area contributed by atoms with Crippen molar-refractivity contribution in [3.63, 3.8) is 0 Å². The van der Waals surface area contributed by atoms with Crippen molar-refractivity contribution in [1.29, 1.82) is 5.26 Å². The molecule has 5 heteroatoms. The molecule has 0 aliphatic carbocycles. The molecule has 2 aromatic rings. The van der Waals surface area contributed by atoms with Crippen LogP contribution in [0, 0.1) is 11.3 Å². The fourth-order valence-electron chi connectivity index (χ4n) is 1.77. The van der Waals surface area contributed by atoms with Crippen LogP contribution in [0.2, 0.25) is 0 Å². The zero-order chi connectivity index (χ0) is 14.4. The summed E-state index contributed by atoms with van der Waals surface area (Å²) in [7, 11) is 1.60. The van der Waals surface area contributed by atoms with E-state index >= 15 is 0 Å². The Kier molecular flexibility index (Phi) is 4.51. The SMILES string of the molecule is CCOc1ccc(NCc2ccc(C#N)o2)cc1OC. The summed E-state index contributed by atoms with van der Waals surface area (Å²) in [5.41, 5.74) is 0.889. The van der Waals surface area contributed by atoms with Crippen molar-refractivity contribution in [2.45, 2.75) is 13.5 Å². The summed E-state index contributed by atoms with van der Waals surface area (Å²) in [4.78, 5) is 0. The number of anilines is 1. The molecule has 1 aromatic heterocycles. The lowest BCUT2D eigenvalue weighted by molar-refractivity contribution is 0.311. The van der Waals surface area contributed by atoms with Crippen molar-refractivity contribution >= 4 is 5.69 Å². The van der Waals surface area contributed by atoms with Gasteiger partial charge in [-0.3, -0.25) is 0 Å². The van der Waals surface area contributed by atoms with Gasteiger partial charge in [0.1, 0.15) is 11.8 Å². The normalized spacial score (nSPS) is 9.85. The van der Waals surface area contributed by atoms with Gasteiger partial charge in [-0.15, -0.1) is 0 Å². The Morgan fingerprint density at radius 2 is 2.10 bits per heavy atom. The van der Waals surface area contributed by atoms with Crippen molar-refractivity contribution in [2.24, 2.45) is 0 Å². The van der Waals surface area contributed by atoms with Crippen LogP contribution in [0.25, 0.3) is 0 Å². The van der Waals surface area contributed by atoms with Gasteiger partial charge in [-0.25, -0.2) is 0 Å². The largest absolute Gasteiger partial charge is 0.493 e. The van der Waals surface area contributed by atoms with Gasteiger partial charge < -0.3 is 19.2 Å². The van der Waals surface area contributed by atoms with Gasteiger partial charge in [0.15, 0.2) is 11.5 Å². The predicted octanol–water partition coefficient (Wildman–Crippen LogP) is 3.17. The molecular formula is C15H16N2O3. The number of nitriles is 1. The summed E-state index contributed by atoms with van der Waals surface area (Å²) in [6.07, 6.45) is 0. The highest BCUT2D eigenvalue weighted by Gasteiger charge is 2.06. The molecule has 1 aromatic carbocycles. The summed E-state index contributed by atoms with van der Waals surface area (Å²) in [6.45, 7) is 3.01. The number of rotatable bonds is 6. The predicted molar refractivity (Wildman–Crippen MR) is 74.9 cm³/mol. The maximum absolute atomic E-state index is 8.69. The third-order valence-corrected chi connectivity index (χ3v) is 2.70. The number of benzene rings is 1. The standard InChI is InChI=1S/C15H16N2O3/c1-3-19-14-7-4-11(8-15(14)18-2)17-10-13-6-5-12(9-16)20-13/h4-8,17H,3,10H2,1-2H3. The van der Waals surface area contributed by atoms with Crippen molar-refractivity contribution in [1.82, 2.24) is 0 Å². The van der Waals surface area contributed by atoms with Gasteiger partial charge in [0.2, 0.25) is 5.76 Å². The van der Waals surface area contributed by atoms with Crippen LogP contribution >= 0.6 is 0 Å². The first-order chi connectivity index (χ1) is 9.76. The molecule has 0 spiro atoms. The molecule has 0 atom stereocenters. The van der Waals surface area contributed by atoms with Crippen molar-refractivity contribution in [3.05, 3.63) is 41.9 Å². The van der Waals surface area contributed by atoms with E-state index in [0.29, 0.717) is 36.2 Å². The Bertz CT molecular complexity index is 614. The summed E-state index contributed by atoms with van der Waals surface area (Å²) in [5.74, 6) is 2.40. The quantitative estimate of drug-likeness (QED) is 0.874. The van der Waals surface area contributed by atoms with E-state index in [1.165, 1.54) is 0 Å². The molecule has 0 unspecified atom stereocenters. The average Bonchev–Trinajstić information content (AvgIpc) is 2.94. The second-order valence-electron chi connectivity index (χ2n) is 4.03. The Morgan fingerprint density at radius 1 is 1.25 bits per heavy atom. The lowest BCUT2D eigenvalue weighted by Crippen LogP contribution is -2.00. The number of hydrogen-bond acceptors (Lipinski definition) is 5. The van der Waals surface area contributed by atoms with E-state index in [-0.39, 0.29) is 0 Å². The van der Waals surface area contributed by atoms with Crippen LogP contribution in [0.4, 0.5) is 5.69 Å². The fraction of sp³-hybridized carbons (Fsp3) is 0.267. The zero-order valence-electron chi connectivity index (χ0n) is 11.5. The Balaban J connectivity index is 2.04. The maximum Gasteiger partial charge on any atom is 0.203 e. The van der Waals surface area contributed by atoms with E-state index in [1.807, 2.05) is 31.2 Å². The summed E-state index contributed by atoms with van der Waals surface area (Å²) in [5, 5.41) is 11.9. The maximum atomic E-state index is 8.69. The topological polar surface area (TPSA) is 67.4 Å². The van der Waals surface area contributed by atoms with E-state index in [0.717, 1.165) is 5.69 Å². The Morgan fingerprint density at radius 3 is 2.75 bits per heavy atom. The number of ether oxygens (including phenoxy) is 2. The minimum absolute atomic E-state index is 0.311. The van der Waals surface area contributed by atoms with Gasteiger partial charge in [-0.1, -0.05) is 0 Å². The lowest BCUT2D eigenvalue weighted by Gasteiger charge is -2.11. The van der Waals surface area contributed by atoms with E-state index in [2.05, 4.69) is 5.32 Å². The molecule has 0 radical (unpaired) electrons. The highest BCUT2D eigenvalue weighted by atomic mass is 16.5. The minimum atomic E-state index is 0.311. The molecule has 1 N–H and O–H groups in total. The van der Waals surface area contributed by atoms with Crippen molar-refractivity contribution in [2.75, 3.05) is 19.0 Å². The molecule has 104 valence electrons. The summed E-state index contributed by atoms with van der Waals surface area (Å²) >= 11 is 0. The first-order valence-electron chi connectivity index (χ1n) is 6.30. The minimum Gasteiger partial charge on any atom is -0.493 e. The Hall–Kier alpha value is -2.61. The summed E-state index contributed by atoms with van der Waals surface area (Å²) in [6, 6.07) is 11.0. The van der Waals surface area contributed by atoms with Gasteiger partial charge in [-0.05, 0) is 31.2 Å². The van der Waals surface area contributed by atoms with Crippen LogP contribution in [-0.4, -0.2) is 13.7 Å². The van der Waals surface area contributed by atoms with E-state index in [1.54, 1.807) is 19.2 Å². The van der Waals surface area contributed by atoms with Gasteiger partial charge in [-0.2, -0.15) is 5.26 Å². The first-order valence-corrected chi connectivity index (χ1v) is 6.30. The molecule has 20 heavy (non-hydrogen) atoms. The molecule has 0 amide bonds. The molecule has 0 saturated carbocycles. The zero-order valence-corrected chi connectivity index (χ0v) is 11.5. The number of nitrogens with one attached hydrogen (secondary N) is 1.